The normalized spacial score (nSPS) is 9.96. The van der Waals surface area contributed by atoms with Gasteiger partial charge in [0.15, 0.2) is 5.69 Å². The van der Waals surface area contributed by atoms with Crippen LogP contribution in [0.2, 0.25) is 0 Å². The molecule has 0 amide bonds. The van der Waals surface area contributed by atoms with Gasteiger partial charge in [-0.05, 0) is 17.0 Å². The van der Waals surface area contributed by atoms with Gasteiger partial charge in [-0.2, -0.15) is 0 Å². The Hall–Kier alpha value is -1.89. The molecule has 0 fully saturated rings. The summed E-state index contributed by atoms with van der Waals surface area (Å²) in [6.45, 7) is 7.29. The topological polar surface area (TPSA) is 21.7 Å². The molecule has 0 aliphatic heterocycles. The largest absolute Gasteiger partial charge is 0.358 e. The molecule has 0 saturated carbocycles. The van der Waals surface area contributed by atoms with Crippen LogP contribution < -0.4 is 0 Å². The van der Waals surface area contributed by atoms with Crippen LogP contribution in [0, 0.1) is 20.1 Å². The van der Waals surface area contributed by atoms with Crippen molar-refractivity contribution in [3.8, 4) is 11.1 Å². The molecule has 0 N–H and O–H groups in total. The molecule has 28 heavy (non-hydrogen) atoms. The summed E-state index contributed by atoms with van der Waals surface area (Å²) in [5.74, 6) is 0. The van der Waals surface area contributed by atoms with Crippen molar-refractivity contribution >= 4 is 33.0 Å². The van der Waals surface area contributed by atoms with Gasteiger partial charge in [0, 0.05) is 70.7 Å². The van der Waals surface area contributed by atoms with Crippen molar-refractivity contribution in [3.63, 3.8) is 0 Å². The van der Waals surface area contributed by atoms with E-state index in [1.54, 1.807) is 0 Å². The third kappa shape index (κ3) is 3.45. The van der Waals surface area contributed by atoms with Crippen LogP contribution in [0.25, 0.3) is 43.3 Å². The van der Waals surface area contributed by atoms with Gasteiger partial charge in [-0.1, -0.05) is 58.8 Å². The Morgan fingerprint density at radius 3 is 2.68 bits per heavy atom. The molecule has 0 saturated heterocycles. The monoisotopic (exact) mass is 615 g/mol. The van der Waals surface area contributed by atoms with Gasteiger partial charge in [-0.25, -0.2) is 4.85 Å². The molecule has 2 heterocycles. The molecule has 5 heteroatoms. The fraction of sp³-hybridized carbons (Fsp3) is 0. The number of fused-ring (bicyclic) bond motifs is 6. The first-order chi connectivity index (χ1) is 12.4. The average Bonchev–Trinajstić information content (AvgIpc) is 3.18. The third-order valence-corrected chi connectivity index (χ3v) is 4.58. The molecule has 136 valence electrons. The number of aromatic nitrogens is 2. The Bertz CT molecular complexity index is 1320. The summed E-state index contributed by atoms with van der Waals surface area (Å²) >= 11 is 0. The van der Waals surface area contributed by atoms with Crippen LogP contribution in [0.15, 0.2) is 73.1 Å². The summed E-state index contributed by atoms with van der Waals surface area (Å²) in [6, 6.07) is 23.5. The molecular formula is C23H15IrN3Y-2. The Balaban J connectivity index is 0.000000934. The maximum Gasteiger partial charge on any atom is 0.187 e. The van der Waals surface area contributed by atoms with Gasteiger partial charge in [-0.15, -0.1) is 18.2 Å². The van der Waals surface area contributed by atoms with E-state index < -0.39 is 0 Å². The number of rotatable bonds is 1. The van der Waals surface area contributed by atoms with E-state index in [0.717, 1.165) is 38.4 Å². The Labute approximate surface area is 202 Å². The number of para-hydroxylation sites is 1. The zero-order chi connectivity index (χ0) is 16.8. The Kier molecular flexibility index (Phi) is 7.26. The number of pyridine rings is 1. The summed E-state index contributed by atoms with van der Waals surface area (Å²) in [4.78, 5) is 8.12. The van der Waals surface area contributed by atoms with Crippen molar-refractivity contribution in [2.24, 2.45) is 0 Å². The van der Waals surface area contributed by atoms with Crippen LogP contribution in [-0.4, -0.2) is 9.38 Å². The minimum Gasteiger partial charge on any atom is -0.358 e. The summed E-state index contributed by atoms with van der Waals surface area (Å²) in [6.07, 6.45) is 3.80. The maximum atomic E-state index is 7.29. The molecule has 0 aliphatic carbocycles. The molecule has 3 nitrogen and oxygen atoms in total. The molecule has 5 aromatic rings. The maximum absolute atomic E-state index is 7.29. The molecule has 0 bridgehead atoms. The van der Waals surface area contributed by atoms with Crippen molar-refractivity contribution in [1.82, 2.24) is 9.38 Å². The van der Waals surface area contributed by atoms with E-state index in [0.29, 0.717) is 5.69 Å². The number of hydrogen-bond acceptors (Lipinski definition) is 1. The van der Waals surface area contributed by atoms with Crippen LogP contribution in [0.1, 0.15) is 0 Å². The van der Waals surface area contributed by atoms with Gasteiger partial charge < -0.3 is 11.8 Å². The van der Waals surface area contributed by atoms with E-state index in [2.05, 4.69) is 44.6 Å². The third-order valence-electron chi connectivity index (χ3n) is 4.58. The SMILES string of the molecule is [C-]#[N+]c1cccc(-c2cc[c-]c3c2c2ccccc2n2ccnc32)c1.[CH3-].[Ir].[Y]. The minimum atomic E-state index is 0. The van der Waals surface area contributed by atoms with Crippen molar-refractivity contribution in [1.29, 1.82) is 0 Å². The van der Waals surface area contributed by atoms with Crippen molar-refractivity contribution in [2.75, 3.05) is 0 Å². The van der Waals surface area contributed by atoms with Gasteiger partial charge in [0.1, 0.15) is 0 Å². The van der Waals surface area contributed by atoms with E-state index >= 15 is 0 Å². The van der Waals surface area contributed by atoms with Crippen molar-refractivity contribution < 1.29 is 52.8 Å². The van der Waals surface area contributed by atoms with Crippen LogP contribution in [0.3, 0.4) is 0 Å². The minimum absolute atomic E-state index is 0. The molecule has 0 spiro atoms. The Morgan fingerprint density at radius 1 is 1.04 bits per heavy atom. The first-order valence-electron chi connectivity index (χ1n) is 8.03. The smallest absolute Gasteiger partial charge is 0.187 e. The molecule has 0 atom stereocenters. The number of imidazole rings is 1. The predicted molar refractivity (Wildman–Crippen MR) is 107 cm³/mol. The van der Waals surface area contributed by atoms with E-state index in [9.17, 15) is 0 Å². The van der Waals surface area contributed by atoms with Crippen LogP contribution >= 0.6 is 0 Å². The second kappa shape index (κ2) is 9.07. The summed E-state index contributed by atoms with van der Waals surface area (Å²) < 4.78 is 2.10. The number of nitrogens with zero attached hydrogens (tertiary/aromatic N) is 3. The number of benzene rings is 3. The van der Waals surface area contributed by atoms with Gasteiger partial charge in [0.25, 0.3) is 0 Å². The molecule has 2 aromatic heterocycles. The quantitative estimate of drug-likeness (QED) is 0.165. The second-order valence-corrected chi connectivity index (χ2v) is 5.94. The Morgan fingerprint density at radius 2 is 1.86 bits per heavy atom. The first kappa shape index (κ1) is 22.4. The van der Waals surface area contributed by atoms with Gasteiger partial charge in [-0.3, -0.25) is 4.98 Å². The van der Waals surface area contributed by atoms with E-state index in [4.69, 9.17) is 6.57 Å². The fourth-order valence-corrected chi connectivity index (χ4v) is 3.52. The van der Waals surface area contributed by atoms with Crippen LogP contribution in [-0.2, 0) is 52.8 Å². The summed E-state index contributed by atoms with van der Waals surface area (Å²) in [7, 11) is 0. The van der Waals surface area contributed by atoms with Gasteiger partial charge in [0.2, 0.25) is 0 Å². The first-order valence-corrected chi connectivity index (χ1v) is 8.03. The number of hydrogen-bond donors (Lipinski definition) is 0. The van der Waals surface area contributed by atoms with Gasteiger partial charge >= 0.3 is 0 Å². The van der Waals surface area contributed by atoms with Crippen LogP contribution in [0.5, 0.6) is 0 Å². The molecular weight excluding hydrogens is 599 g/mol. The fourth-order valence-electron chi connectivity index (χ4n) is 3.52. The van der Waals surface area contributed by atoms with E-state index in [1.807, 2.05) is 48.8 Å². The molecule has 3 aromatic carbocycles. The van der Waals surface area contributed by atoms with Gasteiger partial charge in [0.05, 0.1) is 12.2 Å². The zero-order valence-corrected chi connectivity index (χ0v) is 20.4. The summed E-state index contributed by atoms with van der Waals surface area (Å²) in [5, 5.41) is 3.27. The predicted octanol–water partition coefficient (Wildman–Crippen LogP) is 6.10. The van der Waals surface area contributed by atoms with E-state index in [1.165, 1.54) is 0 Å². The zero-order valence-electron chi connectivity index (χ0n) is 15.2. The second-order valence-electron chi connectivity index (χ2n) is 5.94. The standard InChI is InChI=1S/C22H12N3.CH3.Ir.Y/c1-23-16-7-4-6-15(14-16)17-9-5-10-19-21(17)18-8-2-3-11-20(18)25-13-12-24-22(19)25;;;/h2-9,11-14H;1H3;;/q2*-1;;. The van der Waals surface area contributed by atoms with Crippen molar-refractivity contribution in [3.05, 3.63) is 98.0 Å². The molecule has 5 rings (SSSR count). The van der Waals surface area contributed by atoms with Crippen LogP contribution in [0.4, 0.5) is 5.69 Å². The van der Waals surface area contributed by atoms with E-state index in [-0.39, 0.29) is 60.2 Å². The molecule has 0 unspecified atom stereocenters. The summed E-state index contributed by atoms with van der Waals surface area (Å²) in [5.41, 5.74) is 4.79. The average molecular weight is 615 g/mol. The van der Waals surface area contributed by atoms with Crippen molar-refractivity contribution in [2.45, 2.75) is 0 Å². The molecule has 0 aliphatic rings. The molecule has 2 radical (unpaired) electrons.